The number of fused-ring (bicyclic) bond motifs is 8. The van der Waals surface area contributed by atoms with Crippen LogP contribution in [0.25, 0.3) is 27.7 Å². The molecule has 4 aliphatic rings. The number of ether oxygens (including phenoxy) is 2. The van der Waals surface area contributed by atoms with Crippen LogP contribution in [0.15, 0.2) is 30.2 Å². The lowest BCUT2D eigenvalue weighted by molar-refractivity contribution is -0.122. The van der Waals surface area contributed by atoms with Gasteiger partial charge in [0.25, 0.3) is 6.47 Å². The molecule has 6 heterocycles. The predicted molar refractivity (Wildman–Crippen MR) is 220 cm³/mol. The van der Waals surface area contributed by atoms with E-state index in [0.717, 1.165) is 37.9 Å². The maximum atomic E-state index is 17.0. The molecule has 14 heteroatoms. The fourth-order valence-electron chi connectivity index (χ4n) is 8.21. The molecule has 2 saturated heterocycles. The summed E-state index contributed by atoms with van der Waals surface area (Å²) in [6.45, 7) is 19.8. The molecule has 1 amide bonds. The molecule has 0 saturated carbocycles. The summed E-state index contributed by atoms with van der Waals surface area (Å²) < 4.78 is 54.2. The van der Waals surface area contributed by atoms with Gasteiger partial charge in [-0.1, -0.05) is 32.0 Å². The van der Waals surface area contributed by atoms with Crippen LogP contribution in [-0.2, 0) is 20.7 Å². The molecule has 2 aromatic heterocycles. The summed E-state index contributed by atoms with van der Waals surface area (Å²) in [4.78, 5) is 40.5. The number of amides is 1. The number of carbonyl (C=O) groups is 2. The van der Waals surface area contributed by atoms with Crippen molar-refractivity contribution in [3.05, 3.63) is 53.0 Å². The molecule has 0 radical (unpaired) electrons. The van der Waals surface area contributed by atoms with Crippen LogP contribution in [0.2, 0.25) is 0 Å². The van der Waals surface area contributed by atoms with E-state index < -0.39 is 23.1 Å². The number of rotatable bonds is 6. The van der Waals surface area contributed by atoms with E-state index in [2.05, 4.69) is 15.2 Å². The first-order valence-electron chi connectivity index (χ1n) is 20.0. The Morgan fingerprint density at radius 2 is 1.79 bits per heavy atom. The first-order chi connectivity index (χ1) is 27.1. The average Bonchev–Trinajstić information content (AvgIpc) is 3.76. The number of aryl methyl sites for hydroxylation is 2. The molecule has 11 nitrogen and oxygen atoms in total. The minimum atomic E-state index is -0.961. The van der Waals surface area contributed by atoms with Crippen LogP contribution < -0.4 is 10.2 Å². The Balaban J connectivity index is 0.00000117. The quantitative estimate of drug-likeness (QED) is 0.233. The highest BCUT2D eigenvalue weighted by Crippen LogP contribution is 2.43. The number of allylic oxidation sites excluding steroid dienone is 1. The number of hydrogen-bond donors (Lipinski definition) is 2. The fourth-order valence-corrected chi connectivity index (χ4v) is 8.21. The summed E-state index contributed by atoms with van der Waals surface area (Å²) in [6.07, 6.45) is 7.56. The van der Waals surface area contributed by atoms with Gasteiger partial charge in [0.1, 0.15) is 39.9 Å². The van der Waals surface area contributed by atoms with E-state index >= 15 is 8.78 Å². The van der Waals surface area contributed by atoms with Crippen LogP contribution in [0.3, 0.4) is 0 Å². The molecule has 57 heavy (non-hydrogen) atoms. The van der Waals surface area contributed by atoms with Gasteiger partial charge in [0, 0.05) is 36.8 Å². The highest BCUT2D eigenvalue weighted by atomic mass is 19.1. The Bertz CT molecular complexity index is 1840. The number of pyridine rings is 1. The van der Waals surface area contributed by atoms with Gasteiger partial charge in [-0.15, -0.1) is 0 Å². The smallest absolute Gasteiger partial charge is 0.407 e. The second-order valence-corrected chi connectivity index (χ2v) is 15.6. The zero-order valence-corrected chi connectivity index (χ0v) is 35.5. The van der Waals surface area contributed by atoms with Gasteiger partial charge in [-0.2, -0.15) is 0 Å². The van der Waals surface area contributed by atoms with E-state index in [1.807, 2.05) is 72.4 Å². The van der Waals surface area contributed by atoms with Crippen molar-refractivity contribution in [3.63, 3.8) is 0 Å². The molecular weight excluding hydrogens is 738 g/mol. The van der Waals surface area contributed by atoms with E-state index in [1.165, 1.54) is 19.8 Å². The third kappa shape index (κ3) is 11.4. The number of alkyl carbamates (subject to hydrolysis) is 1. The number of carbonyl (C=O) groups excluding carboxylic acids is 1. The second-order valence-electron chi connectivity index (χ2n) is 15.6. The monoisotopic (exact) mass is 800 g/mol. The number of likely N-dealkylation sites (N-methyl/N-ethyl adjacent to an activating group) is 1. The first kappa shape index (κ1) is 47.1. The molecule has 4 bridgehead atoms. The number of anilines is 1. The maximum absolute atomic E-state index is 17.0. The molecule has 3 aromatic rings. The molecule has 1 unspecified atom stereocenters. The molecule has 316 valence electrons. The number of halogens is 3. The minimum absolute atomic E-state index is 0.118. The number of benzene rings is 1. The molecule has 2 N–H and O–H groups in total. The molecule has 7 rings (SSSR count). The van der Waals surface area contributed by atoms with E-state index in [0.29, 0.717) is 60.4 Å². The van der Waals surface area contributed by atoms with Crippen molar-refractivity contribution < 1.29 is 37.3 Å². The standard InChI is InChI=1S/C39H52F2N6O3.C2H6.CH3F.CH2O2/c1-8-46-24-38(7,23-43-36(48)50-37(4,5)6)49-21-15-27(26(3)40)31-25(2)12-9-13-28(31)33-32(41)34-29(22-42-33)35(46)45-30(44-34)14-18-39-16-10-19-47(39)20-11-17-39;2*1-2;2-1-3/h9,12-13,22H,8,10-11,14-21,23-24H2,1-7H3,(H,43,48);1-2H3;1H3;1H,(H,2,3)/b27-26+;;;. The normalized spacial score (nSPS) is 19.8. The van der Waals surface area contributed by atoms with Gasteiger partial charge >= 0.3 is 6.09 Å². The SMILES string of the molecule is CC.CCN1CC(C)(CNC(=O)OC(C)(C)C)OCC/C(=C(/C)F)c2c(C)cccc2-c2ncc3c1nc(CCC14CCCN1CCC4)nc3c2F.CF.O=CO. The zero-order chi connectivity index (χ0) is 42.6. The van der Waals surface area contributed by atoms with Gasteiger partial charge in [-0.3, -0.25) is 19.1 Å². The Hall–Kier alpha value is -4.30. The number of aromatic nitrogens is 3. The second kappa shape index (κ2) is 20.9. The topological polar surface area (TPSA) is 130 Å². The van der Waals surface area contributed by atoms with Crippen molar-refractivity contribution in [1.29, 1.82) is 0 Å². The molecule has 1 aromatic carbocycles. The lowest BCUT2D eigenvalue weighted by Gasteiger charge is -2.37. The number of hydrogen-bond acceptors (Lipinski definition) is 9. The largest absolute Gasteiger partial charge is 0.483 e. The highest BCUT2D eigenvalue weighted by Gasteiger charge is 2.43. The summed E-state index contributed by atoms with van der Waals surface area (Å²) in [6, 6.07) is 5.53. The first-order valence-corrected chi connectivity index (χ1v) is 20.0. The van der Waals surface area contributed by atoms with Gasteiger partial charge in [-0.25, -0.2) is 23.5 Å². The number of carboxylic acid groups (broad SMARTS) is 1. The van der Waals surface area contributed by atoms with Crippen LogP contribution in [0.4, 0.5) is 23.8 Å². The van der Waals surface area contributed by atoms with Crippen molar-refractivity contribution in [2.45, 2.75) is 124 Å². The number of alkyl halides is 1. The van der Waals surface area contributed by atoms with Gasteiger partial charge in [0.15, 0.2) is 5.82 Å². The fraction of sp³-hybridized carbons (Fsp3) is 0.605. The van der Waals surface area contributed by atoms with E-state index in [1.54, 1.807) is 12.3 Å². The van der Waals surface area contributed by atoms with Gasteiger partial charge in [0.2, 0.25) is 0 Å². The Kier molecular flexibility index (Phi) is 17.3. The third-order valence-electron chi connectivity index (χ3n) is 10.6. The van der Waals surface area contributed by atoms with Crippen molar-refractivity contribution in [3.8, 4) is 11.3 Å². The van der Waals surface area contributed by atoms with Crippen LogP contribution >= 0.6 is 0 Å². The maximum Gasteiger partial charge on any atom is 0.407 e. The van der Waals surface area contributed by atoms with Crippen LogP contribution in [-0.4, -0.2) is 101 Å². The molecule has 1 atom stereocenters. The van der Waals surface area contributed by atoms with E-state index in [-0.39, 0.29) is 48.6 Å². The lowest BCUT2D eigenvalue weighted by Crippen LogP contribution is -2.52. The van der Waals surface area contributed by atoms with Gasteiger partial charge in [0.05, 0.1) is 25.7 Å². The van der Waals surface area contributed by atoms with Crippen molar-refractivity contribution in [2.24, 2.45) is 0 Å². The third-order valence-corrected chi connectivity index (χ3v) is 10.6. The molecule has 4 aliphatic heterocycles. The Labute approximate surface area is 336 Å². The summed E-state index contributed by atoms with van der Waals surface area (Å²) in [5.74, 6) is 0.239. The van der Waals surface area contributed by atoms with E-state index in [4.69, 9.17) is 29.3 Å². The van der Waals surface area contributed by atoms with Crippen molar-refractivity contribution >= 4 is 34.9 Å². The molecular formula is C43H63F3N6O5. The Morgan fingerprint density at radius 1 is 1.14 bits per heavy atom. The molecule has 0 spiro atoms. The minimum Gasteiger partial charge on any atom is -0.483 e. The summed E-state index contributed by atoms with van der Waals surface area (Å²) in [5, 5.41) is 10.3. The van der Waals surface area contributed by atoms with Crippen LogP contribution in [0, 0.1) is 12.7 Å². The van der Waals surface area contributed by atoms with Crippen LogP contribution in [0.1, 0.15) is 111 Å². The van der Waals surface area contributed by atoms with Crippen molar-refractivity contribution in [2.75, 3.05) is 51.4 Å². The van der Waals surface area contributed by atoms with Crippen LogP contribution in [0.5, 0.6) is 0 Å². The summed E-state index contributed by atoms with van der Waals surface area (Å²) in [5.41, 5.74) is 1.18. The predicted octanol–water partition coefficient (Wildman–Crippen LogP) is 9.24. The lowest BCUT2D eigenvalue weighted by atomic mass is 9.88. The molecule has 2 fully saturated rings. The Morgan fingerprint density at radius 3 is 2.39 bits per heavy atom. The van der Waals surface area contributed by atoms with Crippen molar-refractivity contribution in [1.82, 2.24) is 25.2 Å². The number of nitrogens with zero attached hydrogens (tertiary/aromatic N) is 5. The zero-order valence-electron chi connectivity index (χ0n) is 35.5. The van der Waals surface area contributed by atoms with E-state index in [9.17, 15) is 9.18 Å². The number of nitrogens with one attached hydrogen (secondary N) is 1. The summed E-state index contributed by atoms with van der Waals surface area (Å²) in [7, 11) is 0.500. The van der Waals surface area contributed by atoms with Gasteiger partial charge in [-0.05, 0) is 117 Å². The summed E-state index contributed by atoms with van der Waals surface area (Å²) >= 11 is 0. The molecule has 0 aliphatic carbocycles. The highest BCUT2D eigenvalue weighted by molar-refractivity contribution is 5.93. The van der Waals surface area contributed by atoms with Gasteiger partial charge < -0.3 is 24.8 Å². The average molecular weight is 801 g/mol.